The third-order valence-corrected chi connectivity index (χ3v) is 3.56. The lowest BCUT2D eigenvalue weighted by Gasteiger charge is -2.41. The lowest BCUT2D eigenvalue weighted by atomic mass is 9.98. The molecule has 0 saturated carbocycles. The van der Waals surface area contributed by atoms with Crippen molar-refractivity contribution in [3.8, 4) is 0 Å². The number of aromatic nitrogens is 2. The first kappa shape index (κ1) is 13.5. The van der Waals surface area contributed by atoms with Crippen LogP contribution in [0.25, 0.3) is 0 Å². The van der Waals surface area contributed by atoms with Crippen LogP contribution in [0.3, 0.4) is 0 Å². The second kappa shape index (κ2) is 4.34. The minimum atomic E-state index is -0.821. The van der Waals surface area contributed by atoms with E-state index in [0.717, 1.165) is 17.1 Å². The molecule has 1 aromatic heterocycles. The van der Waals surface area contributed by atoms with Crippen LogP contribution in [0.5, 0.6) is 0 Å². The number of carbonyl (C=O) groups is 2. The van der Waals surface area contributed by atoms with Crippen molar-refractivity contribution < 1.29 is 9.59 Å². The van der Waals surface area contributed by atoms with Crippen LogP contribution in [-0.4, -0.2) is 33.7 Å². The minimum Gasteiger partial charge on any atom is -0.333 e. The zero-order chi connectivity index (χ0) is 14.4. The molecule has 0 radical (unpaired) electrons. The van der Waals surface area contributed by atoms with Gasteiger partial charge in [0.25, 0.3) is 5.91 Å². The molecule has 0 bridgehead atoms. The van der Waals surface area contributed by atoms with E-state index in [2.05, 4.69) is 10.4 Å². The fourth-order valence-corrected chi connectivity index (χ4v) is 2.39. The van der Waals surface area contributed by atoms with Gasteiger partial charge in [0.15, 0.2) is 0 Å². The van der Waals surface area contributed by atoms with E-state index in [-0.39, 0.29) is 18.4 Å². The van der Waals surface area contributed by atoms with Gasteiger partial charge in [-0.05, 0) is 20.8 Å². The number of anilines is 1. The second-order valence-electron chi connectivity index (χ2n) is 5.24. The number of hydrogen-bond donors (Lipinski definition) is 2. The molecule has 1 aliphatic heterocycles. The number of imide groups is 1. The Labute approximate surface area is 111 Å². The van der Waals surface area contributed by atoms with Crippen LogP contribution < -0.4 is 16.0 Å². The van der Waals surface area contributed by atoms with Crippen molar-refractivity contribution in [1.82, 2.24) is 15.1 Å². The highest BCUT2D eigenvalue weighted by atomic mass is 16.2. The lowest BCUT2D eigenvalue weighted by molar-refractivity contribution is -0.135. The normalized spacial score (nSPS) is 18.7. The Hall–Kier alpha value is -1.89. The molecule has 1 aliphatic rings. The zero-order valence-electron chi connectivity index (χ0n) is 11.6. The SMILES string of the molecule is Cc1nn(C)c(N2CC(=O)NC(=O)C2(C)C)c1CN. The zero-order valence-corrected chi connectivity index (χ0v) is 11.6. The molecule has 2 amide bonds. The number of nitrogens with two attached hydrogens (primary N) is 1. The maximum absolute atomic E-state index is 12.0. The van der Waals surface area contributed by atoms with Crippen molar-refractivity contribution in [3.63, 3.8) is 0 Å². The number of amides is 2. The Balaban J connectivity index is 2.56. The van der Waals surface area contributed by atoms with Gasteiger partial charge in [0, 0.05) is 19.2 Å². The maximum atomic E-state index is 12.0. The van der Waals surface area contributed by atoms with Crippen molar-refractivity contribution in [2.45, 2.75) is 32.9 Å². The number of hydrogen-bond acceptors (Lipinski definition) is 5. The molecule has 7 heteroatoms. The van der Waals surface area contributed by atoms with Gasteiger partial charge in [-0.25, -0.2) is 0 Å². The molecule has 0 aromatic carbocycles. The summed E-state index contributed by atoms with van der Waals surface area (Å²) in [4.78, 5) is 25.4. The molecule has 0 aliphatic carbocycles. The van der Waals surface area contributed by atoms with Gasteiger partial charge in [-0.15, -0.1) is 0 Å². The fraction of sp³-hybridized carbons (Fsp3) is 0.583. The standard InChI is InChI=1S/C12H19N5O2/c1-7-8(5-13)10(16(4)15-7)17-6-9(18)14-11(19)12(17,2)3/h5-6,13H2,1-4H3,(H,14,18,19). The Morgan fingerprint density at radius 2 is 2.05 bits per heavy atom. The van der Waals surface area contributed by atoms with E-state index >= 15 is 0 Å². The lowest BCUT2D eigenvalue weighted by Crippen LogP contribution is -2.64. The summed E-state index contributed by atoms with van der Waals surface area (Å²) in [6, 6.07) is 0. The first-order valence-electron chi connectivity index (χ1n) is 6.13. The summed E-state index contributed by atoms with van der Waals surface area (Å²) in [5.74, 6) is 0.102. The summed E-state index contributed by atoms with van der Waals surface area (Å²) in [7, 11) is 1.79. The monoisotopic (exact) mass is 265 g/mol. The van der Waals surface area contributed by atoms with Crippen LogP contribution >= 0.6 is 0 Å². The number of aryl methyl sites for hydroxylation is 2. The van der Waals surface area contributed by atoms with Crippen molar-refractivity contribution >= 4 is 17.6 Å². The molecule has 3 N–H and O–H groups in total. The van der Waals surface area contributed by atoms with E-state index in [9.17, 15) is 9.59 Å². The summed E-state index contributed by atoms with van der Waals surface area (Å²) in [5.41, 5.74) is 6.62. The molecule has 1 saturated heterocycles. The number of piperazine rings is 1. The summed E-state index contributed by atoms with van der Waals surface area (Å²) in [6.07, 6.45) is 0. The average molecular weight is 265 g/mol. The predicted octanol–water partition coefficient (Wildman–Crippen LogP) is -0.571. The molecule has 19 heavy (non-hydrogen) atoms. The first-order chi connectivity index (χ1) is 8.78. The van der Waals surface area contributed by atoms with Crippen LogP contribution in [0.15, 0.2) is 0 Å². The Kier molecular flexibility index (Phi) is 3.09. The highest BCUT2D eigenvalue weighted by molar-refractivity contribution is 6.06. The largest absolute Gasteiger partial charge is 0.333 e. The second-order valence-corrected chi connectivity index (χ2v) is 5.24. The maximum Gasteiger partial charge on any atom is 0.251 e. The molecule has 0 spiro atoms. The average Bonchev–Trinajstić information content (AvgIpc) is 2.58. The summed E-state index contributed by atoms with van der Waals surface area (Å²) in [6.45, 7) is 5.85. The smallest absolute Gasteiger partial charge is 0.251 e. The van der Waals surface area contributed by atoms with E-state index in [4.69, 9.17) is 5.73 Å². The highest BCUT2D eigenvalue weighted by Gasteiger charge is 2.43. The molecule has 7 nitrogen and oxygen atoms in total. The Morgan fingerprint density at radius 1 is 1.42 bits per heavy atom. The summed E-state index contributed by atoms with van der Waals surface area (Å²) in [5, 5.41) is 6.68. The van der Waals surface area contributed by atoms with Crippen molar-refractivity contribution in [3.05, 3.63) is 11.3 Å². The van der Waals surface area contributed by atoms with Crippen molar-refractivity contribution in [2.75, 3.05) is 11.4 Å². The van der Waals surface area contributed by atoms with E-state index in [1.54, 1.807) is 30.5 Å². The molecule has 1 fully saturated rings. The highest BCUT2D eigenvalue weighted by Crippen LogP contribution is 2.30. The molecule has 1 aromatic rings. The number of rotatable bonds is 2. The first-order valence-corrected chi connectivity index (χ1v) is 6.13. The van der Waals surface area contributed by atoms with Gasteiger partial charge in [-0.1, -0.05) is 0 Å². The predicted molar refractivity (Wildman–Crippen MR) is 70.4 cm³/mol. The van der Waals surface area contributed by atoms with Crippen LogP contribution in [0.2, 0.25) is 0 Å². The summed E-state index contributed by atoms with van der Waals surface area (Å²) < 4.78 is 1.67. The number of nitrogens with zero attached hydrogens (tertiary/aromatic N) is 3. The van der Waals surface area contributed by atoms with Gasteiger partial charge >= 0.3 is 0 Å². The molecule has 0 unspecified atom stereocenters. The number of carbonyl (C=O) groups excluding carboxylic acids is 2. The molecule has 2 heterocycles. The quantitative estimate of drug-likeness (QED) is 0.698. The molecule has 104 valence electrons. The van der Waals surface area contributed by atoms with E-state index in [0.29, 0.717) is 6.54 Å². The molecule has 0 atom stereocenters. The van der Waals surface area contributed by atoms with Crippen LogP contribution in [-0.2, 0) is 23.2 Å². The molecular formula is C12H19N5O2. The topological polar surface area (TPSA) is 93.2 Å². The van der Waals surface area contributed by atoms with Crippen LogP contribution in [0, 0.1) is 6.92 Å². The van der Waals surface area contributed by atoms with Gasteiger partial charge in [0.1, 0.15) is 11.4 Å². The molecular weight excluding hydrogens is 246 g/mol. The third-order valence-electron chi connectivity index (χ3n) is 3.56. The fourth-order valence-electron chi connectivity index (χ4n) is 2.39. The van der Waals surface area contributed by atoms with Gasteiger partial charge in [0.05, 0.1) is 12.2 Å². The minimum absolute atomic E-state index is 0.116. The van der Waals surface area contributed by atoms with Crippen LogP contribution in [0.1, 0.15) is 25.1 Å². The van der Waals surface area contributed by atoms with Gasteiger partial charge in [0.2, 0.25) is 5.91 Å². The number of nitrogens with one attached hydrogen (secondary N) is 1. The van der Waals surface area contributed by atoms with Crippen LogP contribution in [0.4, 0.5) is 5.82 Å². The summed E-state index contributed by atoms with van der Waals surface area (Å²) >= 11 is 0. The van der Waals surface area contributed by atoms with Gasteiger partial charge < -0.3 is 10.6 Å². The van der Waals surface area contributed by atoms with Crippen molar-refractivity contribution in [2.24, 2.45) is 12.8 Å². The van der Waals surface area contributed by atoms with E-state index in [1.165, 1.54) is 0 Å². The molecule has 2 rings (SSSR count). The third kappa shape index (κ3) is 1.99. The van der Waals surface area contributed by atoms with Crippen molar-refractivity contribution in [1.29, 1.82) is 0 Å². The Bertz CT molecular complexity index is 547. The van der Waals surface area contributed by atoms with Gasteiger partial charge in [-0.3, -0.25) is 19.6 Å². The van der Waals surface area contributed by atoms with E-state index < -0.39 is 5.54 Å². The van der Waals surface area contributed by atoms with Gasteiger partial charge in [-0.2, -0.15) is 5.10 Å². The van der Waals surface area contributed by atoms with E-state index in [1.807, 2.05) is 6.92 Å². The Morgan fingerprint density at radius 3 is 2.63 bits per heavy atom.